The van der Waals surface area contributed by atoms with Gasteiger partial charge in [0.1, 0.15) is 5.54 Å². The summed E-state index contributed by atoms with van der Waals surface area (Å²) in [6, 6.07) is 0.277. The first-order valence-corrected chi connectivity index (χ1v) is 7.03. The Balaban J connectivity index is 4.69. The number of aliphatic carboxylic acids is 1. The van der Waals surface area contributed by atoms with Gasteiger partial charge in [-0.15, -0.1) is 0 Å². The van der Waals surface area contributed by atoms with Crippen LogP contribution in [0.4, 0.5) is 0 Å². The molecule has 17 heavy (non-hydrogen) atoms. The first-order valence-electron chi connectivity index (χ1n) is 7.03. The average molecular weight is 243 g/mol. The third-order valence-corrected chi connectivity index (χ3v) is 3.29. The molecule has 0 bridgehead atoms. The summed E-state index contributed by atoms with van der Waals surface area (Å²) in [4.78, 5) is 11.6. The van der Waals surface area contributed by atoms with Gasteiger partial charge >= 0.3 is 5.97 Å². The second-order valence-corrected chi connectivity index (χ2v) is 5.07. The lowest BCUT2D eigenvalue weighted by Gasteiger charge is -2.33. The molecule has 0 aliphatic heterocycles. The third kappa shape index (κ3) is 5.53. The van der Waals surface area contributed by atoms with E-state index in [1.165, 1.54) is 0 Å². The molecular weight excluding hydrogens is 214 g/mol. The maximum Gasteiger partial charge on any atom is 0.323 e. The lowest BCUT2D eigenvalue weighted by atomic mass is 9.86. The van der Waals surface area contributed by atoms with E-state index >= 15 is 0 Å². The van der Waals surface area contributed by atoms with E-state index in [2.05, 4.69) is 33.0 Å². The molecule has 0 radical (unpaired) electrons. The quantitative estimate of drug-likeness (QED) is 0.616. The highest BCUT2D eigenvalue weighted by molar-refractivity contribution is 5.78. The van der Waals surface area contributed by atoms with Gasteiger partial charge in [-0.3, -0.25) is 10.1 Å². The van der Waals surface area contributed by atoms with Crippen LogP contribution in [0.5, 0.6) is 0 Å². The molecule has 102 valence electrons. The van der Waals surface area contributed by atoms with Gasteiger partial charge in [0.2, 0.25) is 0 Å². The molecule has 0 saturated heterocycles. The van der Waals surface area contributed by atoms with E-state index in [1.807, 2.05) is 0 Å². The molecule has 0 rings (SSSR count). The predicted molar refractivity (Wildman–Crippen MR) is 72.3 cm³/mol. The Morgan fingerprint density at radius 2 is 1.82 bits per heavy atom. The van der Waals surface area contributed by atoms with Crippen molar-refractivity contribution in [1.82, 2.24) is 5.32 Å². The van der Waals surface area contributed by atoms with Gasteiger partial charge in [0.25, 0.3) is 0 Å². The van der Waals surface area contributed by atoms with Crippen molar-refractivity contribution >= 4 is 5.97 Å². The van der Waals surface area contributed by atoms with E-state index < -0.39 is 11.5 Å². The summed E-state index contributed by atoms with van der Waals surface area (Å²) in [6.45, 7) is 8.37. The average Bonchev–Trinajstić information content (AvgIpc) is 2.26. The second-order valence-electron chi connectivity index (χ2n) is 5.07. The minimum atomic E-state index is -0.709. The molecule has 0 aliphatic rings. The topological polar surface area (TPSA) is 49.3 Å². The van der Waals surface area contributed by atoms with E-state index in [-0.39, 0.29) is 6.04 Å². The second kappa shape index (κ2) is 8.51. The van der Waals surface area contributed by atoms with Crippen LogP contribution >= 0.6 is 0 Å². The normalized spacial score (nSPS) is 16.5. The standard InChI is InChI=1S/C14H29NO2/c1-5-8-11-14(10-7-3,13(16)17)15-12(4)9-6-2/h12,15H,5-11H2,1-4H3,(H,16,17). The van der Waals surface area contributed by atoms with Gasteiger partial charge in [-0.25, -0.2) is 0 Å². The Morgan fingerprint density at radius 1 is 1.18 bits per heavy atom. The first-order chi connectivity index (χ1) is 8.02. The van der Waals surface area contributed by atoms with Crippen molar-refractivity contribution in [3.8, 4) is 0 Å². The lowest BCUT2D eigenvalue weighted by molar-refractivity contribution is -0.146. The van der Waals surface area contributed by atoms with Crippen molar-refractivity contribution in [1.29, 1.82) is 0 Å². The fourth-order valence-electron chi connectivity index (χ4n) is 2.43. The summed E-state index contributed by atoms with van der Waals surface area (Å²) >= 11 is 0. The summed E-state index contributed by atoms with van der Waals surface area (Å²) in [6.07, 6.45) is 6.49. The zero-order valence-electron chi connectivity index (χ0n) is 11.9. The Bertz CT molecular complexity index is 218. The maximum atomic E-state index is 11.6. The summed E-state index contributed by atoms with van der Waals surface area (Å²) in [5.74, 6) is -0.684. The van der Waals surface area contributed by atoms with Crippen LogP contribution in [0.25, 0.3) is 0 Å². The van der Waals surface area contributed by atoms with Crippen LogP contribution < -0.4 is 5.32 Å². The van der Waals surface area contributed by atoms with Crippen LogP contribution in [0, 0.1) is 0 Å². The van der Waals surface area contributed by atoms with Gasteiger partial charge < -0.3 is 5.11 Å². The van der Waals surface area contributed by atoms with Crippen LogP contribution in [0.3, 0.4) is 0 Å². The number of nitrogens with one attached hydrogen (secondary N) is 1. The van der Waals surface area contributed by atoms with Crippen molar-refractivity contribution < 1.29 is 9.90 Å². The summed E-state index contributed by atoms with van der Waals surface area (Å²) < 4.78 is 0. The molecule has 0 aromatic heterocycles. The van der Waals surface area contributed by atoms with Gasteiger partial charge in [-0.1, -0.05) is 46.5 Å². The molecule has 2 N–H and O–H groups in total. The van der Waals surface area contributed by atoms with E-state index in [4.69, 9.17) is 0 Å². The van der Waals surface area contributed by atoms with Crippen LogP contribution in [-0.2, 0) is 4.79 Å². The highest BCUT2D eigenvalue weighted by Gasteiger charge is 2.37. The van der Waals surface area contributed by atoms with Crippen LogP contribution in [0.1, 0.15) is 72.6 Å². The van der Waals surface area contributed by atoms with Crippen molar-refractivity contribution in [3.63, 3.8) is 0 Å². The Morgan fingerprint density at radius 3 is 2.24 bits per heavy atom. The maximum absolute atomic E-state index is 11.6. The summed E-state index contributed by atoms with van der Waals surface area (Å²) in [5.41, 5.74) is -0.709. The molecule has 3 heteroatoms. The molecule has 0 fully saturated rings. The van der Waals surface area contributed by atoms with Gasteiger partial charge in [-0.05, 0) is 26.2 Å². The molecule has 2 atom stereocenters. The Hall–Kier alpha value is -0.570. The third-order valence-electron chi connectivity index (χ3n) is 3.29. The number of carboxylic acids is 1. The van der Waals surface area contributed by atoms with Crippen molar-refractivity contribution in [2.24, 2.45) is 0 Å². The van der Waals surface area contributed by atoms with Crippen molar-refractivity contribution in [3.05, 3.63) is 0 Å². The van der Waals surface area contributed by atoms with Crippen LogP contribution in [0.2, 0.25) is 0 Å². The Labute approximate surface area is 106 Å². The van der Waals surface area contributed by atoms with E-state index in [0.717, 1.165) is 44.9 Å². The highest BCUT2D eigenvalue weighted by Crippen LogP contribution is 2.22. The smallest absolute Gasteiger partial charge is 0.323 e. The molecule has 0 spiro atoms. The first kappa shape index (κ1) is 16.4. The summed E-state index contributed by atoms with van der Waals surface area (Å²) in [7, 11) is 0. The molecule has 0 amide bonds. The SMILES string of the molecule is CCCCC(CCC)(NC(C)CCC)C(=O)O. The zero-order chi connectivity index (χ0) is 13.3. The van der Waals surface area contributed by atoms with Gasteiger partial charge in [0.15, 0.2) is 0 Å². The molecule has 3 nitrogen and oxygen atoms in total. The van der Waals surface area contributed by atoms with E-state index in [0.29, 0.717) is 0 Å². The number of unbranched alkanes of at least 4 members (excludes halogenated alkanes) is 1. The monoisotopic (exact) mass is 243 g/mol. The molecule has 0 aromatic carbocycles. The summed E-state index contributed by atoms with van der Waals surface area (Å²) in [5, 5.41) is 12.9. The zero-order valence-corrected chi connectivity index (χ0v) is 11.9. The van der Waals surface area contributed by atoms with Gasteiger partial charge in [-0.2, -0.15) is 0 Å². The number of hydrogen-bond donors (Lipinski definition) is 2. The number of carbonyl (C=O) groups is 1. The van der Waals surface area contributed by atoms with E-state index in [1.54, 1.807) is 0 Å². The van der Waals surface area contributed by atoms with Crippen LogP contribution in [0.15, 0.2) is 0 Å². The molecule has 0 saturated carbocycles. The number of rotatable bonds is 10. The molecule has 0 heterocycles. The molecule has 0 aromatic rings. The predicted octanol–water partition coefficient (Wildman–Crippen LogP) is 3.58. The van der Waals surface area contributed by atoms with Crippen molar-refractivity contribution in [2.75, 3.05) is 0 Å². The largest absolute Gasteiger partial charge is 0.480 e. The molecule has 2 unspecified atom stereocenters. The molecule has 0 aliphatic carbocycles. The molecular formula is C14H29NO2. The van der Waals surface area contributed by atoms with Crippen molar-refractivity contribution in [2.45, 2.75) is 84.2 Å². The highest BCUT2D eigenvalue weighted by atomic mass is 16.4. The number of carboxylic acid groups (broad SMARTS) is 1. The number of hydrogen-bond acceptors (Lipinski definition) is 2. The van der Waals surface area contributed by atoms with Crippen LogP contribution in [-0.4, -0.2) is 22.7 Å². The fraction of sp³-hybridized carbons (Fsp3) is 0.929. The van der Waals surface area contributed by atoms with Gasteiger partial charge in [0, 0.05) is 6.04 Å². The lowest BCUT2D eigenvalue weighted by Crippen LogP contribution is -2.55. The van der Waals surface area contributed by atoms with E-state index in [9.17, 15) is 9.90 Å². The fourth-order valence-corrected chi connectivity index (χ4v) is 2.43. The Kier molecular flexibility index (Phi) is 8.23. The minimum absolute atomic E-state index is 0.277. The minimum Gasteiger partial charge on any atom is -0.480 e. The van der Waals surface area contributed by atoms with Gasteiger partial charge in [0.05, 0.1) is 0 Å².